The van der Waals surface area contributed by atoms with Gasteiger partial charge in [0.1, 0.15) is 12.4 Å². The highest BCUT2D eigenvalue weighted by atomic mass is 35.5. The van der Waals surface area contributed by atoms with Gasteiger partial charge in [-0.05, 0) is 54.1 Å². The van der Waals surface area contributed by atoms with Gasteiger partial charge in [0.25, 0.3) is 5.56 Å². The molecule has 4 rings (SSSR count). The molecule has 1 aromatic heterocycles. The Morgan fingerprint density at radius 2 is 1.67 bits per heavy atom. The zero-order chi connectivity index (χ0) is 23.8. The molecule has 0 bridgehead atoms. The van der Waals surface area contributed by atoms with E-state index in [4.69, 9.17) is 16.7 Å². The van der Waals surface area contributed by atoms with Crippen LogP contribution in [0.4, 0.5) is 13.2 Å². The van der Waals surface area contributed by atoms with Crippen molar-refractivity contribution in [3.05, 3.63) is 98.8 Å². The number of ketones is 1. The van der Waals surface area contributed by atoms with E-state index in [1.54, 1.807) is 24.3 Å². The Balaban J connectivity index is 1.88. The number of halogens is 4. The van der Waals surface area contributed by atoms with Crippen molar-refractivity contribution in [3.63, 3.8) is 0 Å². The van der Waals surface area contributed by atoms with Crippen LogP contribution in [0.5, 0.6) is 0 Å². The Bertz CT molecular complexity index is 1400. The number of carbonyl (C=O) groups is 1. The quantitative estimate of drug-likeness (QED) is 0.417. The number of fused-ring (bicyclic) bond motifs is 1. The first-order valence-electron chi connectivity index (χ1n) is 9.78. The summed E-state index contributed by atoms with van der Waals surface area (Å²) < 4.78 is 40.1. The maximum atomic E-state index is 13.4. The molecule has 0 fully saturated rings. The van der Waals surface area contributed by atoms with E-state index in [1.165, 1.54) is 34.9 Å². The molecule has 0 aliphatic carbocycles. The number of aliphatic hydroxyl groups excluding tert-OH is 1. The summed E-state index contributed by atoms with van der Waals surface area (Å²) in [7, 11) is 0. The monoisotopic (exact) mass is 472 g/mol. The molecule has 168 valence electrons. The minimum atomic E-state index is -4.46. The van der Waals surface area contributed by atoms with E-state index in [2.05, 4.69) is 4.98 Å². The molecule has 0 saturated heterocycles. The van der Waals surface area contributed by atoms with E-state index in [0.717, 1.165) is 12.1 Å². The predicted molar refractivity (Wildman–Crippen MR) is 118 cm³/mol. The number of nitrogens with zero attached hydrogens (tertiary/aromatic N) is 2. The summed E-state index contributed by atoms with van der Waals surface area (Å²) in [4.78, 5) is 29.8. The maximum Gasteiger partial charge on any atom is 0.416 e. The van der Waals surface area contributed by atoms with E-state index >= 15 is 0 Å². The minimum absolute atomic E-state index is 0.0187. The molecule has 1 N–H and O–H groups in total. The molecule has 33 heavy (non-hydrogen) atoms. The zero-order valence-corrected chi connectivity index (χ0v) is 17.7. The van der Waals surface area contributed by atoms with Crippen molar-refractivity contribution in [2.45, 2.75) is 12.7 Å². The van der Waals surface area contributed by atoms with Crippen molar-refractivity contribution in [2.24, 2.45) is 0 Å². The molecule has 0 radical (unpaired) electrons. The summed E-state index contributed by atoms with van der Waals surface area (Å²) in [6.45, 7) is -0.699. The molecular formula is C24H16ClF3N2O3. The normalized spacial score (nSPS) is 11.7. The van der Waals surface area contributed by atoms with E-state index in [0.29, 0.717) is 16.1 Å². The zero-order valence-electron chi connectivity index (χ0n) is 16.9. The molecule has 1 heterocycles. The third-order valence-electron chi connectivity index (χ3n) is 5.15. The number of aromatic nitrogens is 2. The molecular weight excluding hydrogens is 457 g/mol. The van der Waals surface area contributed by atoms with Gasteiger partial charge in [-0.1, -0.05) is 29.8 Å². The fourth-order valence-corrected chi connectivity index (χ4v) is 3.56. The highest BCUT2D eigenvalue weighted by Gasteiger charge is 2.30. The van der Waals surface area contributed by atoms with E-state index in [9.17, 15) is 22.8 Å². The highest BCUT2D eigenvalue weighted by molar-refractivity contribution is 6.30. The van der Waals surface area contributed by atoms with Crippen molar-refractivity contribution in [1.82, 2.24) is 9.55 Å². The second-order valence-electron chi connectivity index (χ2n) is 7.34. The van der Waals surface area contributed by atoms with Gasteiger partial charge in [0, 0.05) is 16.1 Å². The van der Waals surface area contributed by atoms with E-state index in [1.807, 2.05) is 0 Å². The van der Waals surface area contributed by atoms with Gasteiger partial charge in [-0.25, -0.2) is 4.98 Å². The largest absolute Gasteiger partial charge is 0.416 e. The number of alkyl halides is 3. The topological polar surface area (TPSA) is 72.2 Å². The number of Topliss-reactive ketones (excluding diaryl/α,β-unsaturated/α-hetero) is 1. The molecule has 3 aromatic carbocycles. The molecule has 0 amide bonds. The first-order valence-corrected chi connectivity index (χ1v) is 10.2. The first-order chi connectivity index (χ1) is 15.7. The summed E-state index contributed by atoms with van der Waals surface area (Å²) in [5.41, 5.74) is 0.298. The van der Waals surface area contributed by atoms with Gasteiger partial charge in [0.05, 0.1) is 23.0 Å². The summed E-state index contributed by atoms with van der Waals surface area (Å²) in [6, 6.07) is 15.4. The summed E-state index contributed by atoms with van der Waals surface area (Å²) >= 11 is 5.98. The SMILES string of the molecule is O=C(CO)c1ccc2c(=O)n(Cc3ccc(C(F)(F)F)cc3)c(-c3ccc(Cl)cc3)nc2c1. The van der Waals surface area contributed by atoms with Crippen LogP contribution in [0.3, 0.4) is 0 Å². The Hall–Kier alpha value is -3.49. The van der Waals surface area contributed by atoms with Crippen LogP contribution in [0, 0.1) is 0 Å². The standard InChI is InChI=1S/C24H16ClF3N2O3/c25-18-8-3-15(4-9-18)22-29-20-11-16(21(32)13-31)5-10-19(20)23(33)30(22)12-14-1-6-17(7-2-14)24(26,27)28/h1-11,31H,12-13H2. The number of rotatable bonds is 5. The maximum absolute atomic E-state index is 13.4. The average molecular weight is 473 g/mol. The van der Waals surface area contributed by atoms with Crippen LogP contribution >= 0.6 is 11.6 Å². The van der Waals surface area contributed by atoms with Crippen LogP contribution in [0.2, 0.25) is 5.02 Å². The summed E-state index contributed by atoms with van der Waals surface area (Å²) in [5.74, 6) is -0.252. The number of benzene rings is 3. The number of aliphatic hydroxyl groups is 1. The van der Waals surface area contributed by atoms with E-state index in [-0.39, 0.29) is 28.8 Å². The first kappa shape index (κ1) is 22.7. The van der Waals surface area contributed by atoms with Gasteiger partial charge >= 0.3 is 6.18 Å². The number of hydrogen-bond donors (Lipinski definition) is 1. The van der Waals surface area contributed by atoms with E-state index < -0.39 is 29.7 Å². The van der Waals surface area contributed by atoms with Crippen LogP contribution < -0.4 is 5.56 Å². The highest BCUT2D eigenvalue weighted by Crippen LogP contribution is 2.29. The van der Waals surface area contributed by atoms with Crippen molar-refractivity contribution in [2.75, 3.05) is 6.61 Å². The van der Waals surface area contributed by atoms with Gasteiger partial charge < -0.3 is 5.11 Å². The van der Waals surface area contributed by atoms with Gasteiger partial charge in [0.15, 0.2) is 5.78 Å². The number of hydrogen-bond acceptors (Lipinski definition) is 4. The molecule has 4 aromatic rings. The second kappa shape index (κ2) is 8.80. The van der Waals surface area contributed by atoms with Crippen molar-refractivity contribution >= 4 is 28.3 Å². The van der Waals surface area contributed by atoms with Crippen molar-refractivity contribution < 1.29 is 23.1 Å². The third-order valence-corrected chi connectivity index (χ3v) is 5.40. The minimum Gasteiger partial charge on any atom is -0.388 e. The predicted octanol–water partition coefficient (Wildman–Crippen LogP) is 4.96. The lowest BCUT2D eigenvalue weighted by atomic mass is 10.1. The molecule has 0 atom stereocenters. The van der Waals surface area contributed by atoms with Gasteiger partial charge in [-0.15, -0.1) is 0 Å². The van der Waals surface area contributed by atoms with Crippen molar-refractivity contribution in [1.29, 1.82) is 0 Å². The Morgan fingerprint density at radius 3 is 2.27 bits per heavy atom. The molecule has 0 unspecified atom stereocenters. The fraction of sp³-hybridized carbons (Fsp3) is 0.125. The summed E-state index contributed by atoms with van der Waals surface area (Å²) in [6.07, 6.45) is -4.46. The fourth-order valence-electron chi connectivity index (χ4n) is 3.43. The van der Waals surface area contributed by atoms with Crippen LogP contribution in [-0.2, 0) is 12.7 Å². The van der Waals surface area contributed by atoms with Crippen molar-refractivity contribution in [3.8, 4) is 11.4 Å². The molecule has 0 aliphatic heterocycles. The lowest BCUT2D eigenvalue weighted by Crippen LogP contribution is -2.24. The van der Waals surface area contributed by atoms with Gasteiger partial charge in [-0.3, -0.25) is 14.2 Å². The molecule has 9 heteroatoms. The lowest BCUT2D eigenvalue weighted by molar-refractivity contribution is -0.137. The molecule has 0 aliphatic rings. The average Bonchev–Trinajstić information content (AvgIpc) is 2.80. The lowest BCUT2D eigenvalue weighted by Gasteiger charge is -2.15. The summed E-state index contributed by atoms with van der Waals surface area (Å²) in [5, 5.41) is 9.84. The van der Waals surface area contributed by atoms with Gasteiger partial charge in [0.2, 0.25) is 0 Å². The Morgan fingerprint density at radius 1 is 1.00 bits per heavy atom. The van der Waals surface area contributed by atoms with Gasteiger partial charge in [-0.2, -0.15) is 13.2 Å². The number of carbonyl (C=O) groups excluding carboxylic acids is 1. The Kier molecular flexibility index (Phi) is 6.05. The molecule has 0 saturated carbocycles. The van der Waals surface area contributed by atoms with Crippen LogP contribution in [0.1, 0.15) is 21.5 Å². The van der Waals surface area contributed by atoms with Crippen LogP contribution in [-0.4, -0.2) is 27.0 Å². The Labute approximate surface area is 190 Å². The van der Waals surface area contributed by atoms with Crippen LogP contribution in [0.25, 0.3) is 22.3 Å². The third kappa shape index (κ3) is 4.67. The molecule has 5 nitrogen and oxygen atoms in total. The molecule has 0 spiro atoms. The second-order valence-corrected chi connectivity index (χ2v) is 7.78. The van der Waals surface area contributed by atoms with Crippen LogP contribution in [0.15, 0.2) is 71.5 Å². The smallest absolute Gasteiger partial charge is 0.388 e.